The molecule has 0 fully saturated rings. The van der Waals surface area contributed by atoms with E-state index in [1.54, 1.807) is 12.1 Å². The molecule has 0 radical (unpaired) electrons. The number of benzene rings is 1. The van der Waals surface area contributed by atoms with Crippen molar-refractivity contribution in [1.29, 1.82) is 0 Å². The molecule has 0 bridgehead atoms. The predicted molar refractivity (Wildman–Crippen MR) is 95.5 cm³/mol. The van der Waals surface area contributed by atoms with Gasteiger partial charge < -0.3 is 13.7 Å². The van der Waals surface area contributed by atoms with Crippen LogP contribution in [0.4, 0.5) is 0 Å². The summed E-state index contributed by atoms with van der Waals surface area (Å²) in [5.74, 6) is 1.99. The predicted octanol–water partition coefficient (Wildman–Crippen LogP) is 4.96. The topological polar surface area (TPSA) is 78.4 Å². The third kappa shape index (κ3) is 3.01. The largest absolute Gasteiger partial charge is 0.489 e. The fourth-order valence-electron chi connectivity index (χ4n) is 3.02. The molecule has 3 aromatic rings. The molecule has 134 valence electrons. The summed E-state index contributed by atoms with van der Waals surface area (Å²) in [5.41, 5.74) is 1.81. The van der Waals surface area contributed by atoms with E-state index < -0.39 is 0 Å². The second-order valence-corrected chi connectivity index (χ2v) is 6.87. The second kappa shape index (κ2) is 6.61. The third-order valence-electron chi connectivity index (χ3n) is 4.16. The molecule has 26 heavy (non-hydrogen) atoms. The van der Waals surface area contributed by atoms with Crippen LogP contribution in [0.15, 0.2) is 33.4 Å². The van der Waals surface area contributed by atoms with Gasteiger partial charge in [-0.25, -0.2) is 0 Å². The zero-order valence-corrected chi connectivity index (χ0v) is 15.2. The van der Waals surface area contributed by atoms with Crippen LogP contribution in [0.2, 0.25) is 5.02 Å². The lowest BCUT2D eigenvalue weighted by Crippen LogP contribution is -2.09. The van der Waals surface area contributed by atoms with Crippen LogP contribution in [-0.2, 0) is 6.42 Å². The first-order valence-electron chi connectivity index (χ1n) is 8.47. The lowest BCUT2D eigenvalue weighted by Gasteiger charge is -2.11. The molecule has 6 nitrogen and oxygen atoms in total. The SMILES string of the molecule is CC(C)Oc1ccc(-c2noc(-c3coc4c3C(=O)CCC4)n2)cc1Cl. The van der Waals surface area contributed by atoms with Gasteiger partial charge in [0.25, 0.3) is 5.89 Å². The quantitative estimate of drug-likeness (QED) is 0.644. The average Bonchev–Trinajstić information content (AvgIpc) is 3.23. The highest BCUT2D eigenvalue weighted by atomic mass is 35.5. The molecule has 1 aromatic carbocycles. The van der Waals surface area contributed by atoms with Gasteiger partial charge in [-0.2, -0.15) is 4.98 Å². The number of hydrogen-bond donors (Lipinski definition) is 0. The minimum atomic E-state index is 0.0277. The van der Waals surface area contributed by atoms with Crippen LogP contribution in [0, 0.1) is 0 Å². The number of halogens is 1. The third-order valence-corrected chi connectivity index (χ3v) is 4.46. The minimum Gasteiger partial charge on any atom is -0.489 e. The van der Waals surface area contributed by atoms with Crippen molar-refractivity contribution < 1.29 is 18.5 Å². The van der Waals surface area contributed by atoms with E-state index in [0.717, 1.165) is 12.8 Å². The molecule has 0 saturated carbocycles. The van der Waals surface area contributed by atoms with Crippen molar-refractivity contribution in [3.8, 4) is 28.6 Å². The molecule has 0 saturated heterocycles. The van der Waals surface area contributed by atoms with Crippen molar-refractivity contribution in [1.82, 2.24) is 10.1 Å². The van der Waals surface area contributed by atoms with Gasteiger partial charge in [-0.3, -0.25) is 4.79 Å². The van der Waals surface area contributed by atoms with Crippen LogP contribution in [0.1, 0.15) is 42.8 Å². The van der Waals surface area contributed by atoms with Crippen molar-refractivity contribution in [3.05, 3.63) is 40.8 Å². The fourth-order valence-corrected chi connectivity index (χ4v) is 3.24. The minimum absolute atomic E-state index is 0.0277. The number of carbonyl (C=O) groups is 1. The van der Waals surface area contributed by atoms with Gasteiger partial charge in [0.1, 0.15) is 17.8 Å². The van der Waals surface area contributed by atoms with Gasteiger partial charge in [-0.1, -0.05) is 16.8 Å². The Hall–Kier alpha value is -2.60. The number of furan rings is 1. The Morgan fingerprint density at radius 3 is 2.88 bits per heavy atom. The summed E-state index contributed by atoms with van der Waals surface area (Å²) >= 11 is 6.27. The molecule has 1 aliphatic carbocycles. The van der Waals surface area contributed by atoms with Crippen molar-refractivity contribution in [2.45, 2.75) is 39.2 Å². The number of rotatable bonds is 4. The summed E-state index contributed by atoms with van der Waals surface area (Å²) in [6.45, 7) is 3.87. The number of ketones is 1. The van der Waals surface area contributed by atoms with Crippen LogP contribution in [0.3, 0.4) is 0 Å². The molecule has 0 N–H and O–H groups in total. The standard InChI is InChI=1S/C19H17ClN2O4/c1-10(2)25-15-7-6-11(8-13(15)20)18-21-19(26-22-18)12-9-24-16-5-3-4-14(23)17(12)16/h6-10H,3-5H2,1-2H3. The summed E-state index contributed by atoms with van der Waals surface area (Å²) in [5, 5.41) is 4.48. The summed E-state index contributed by atoms with van der Waals surface area (Å²) < 4.78 is 16.5. The maximum absolute atomic E-state index is 12.2. The van der Waals surface area contributed by atoms with Crippen LogP contribution in [0.25, 0.3) is 22.8 Å². The summed E-state index contributed by atoms with van der Waals surface area (Å²) in [6.07, 6.45) is 3.59. The first kappa shape index (κ1) is 16.8. The molecule has 4 rings (SSSR count). The molecule has 0 aliphatic heterocycles. The van der Waals surface area contributed by atoms with Crippen molar-refractivity contribution in [3.63, 3.8) is 0 Å². The number of aromatic nitrogens is 2. The molecule has 0 amide bonds. The Morgan fingerprint density at radius 1 is 1.27 bits per heavy atom. The molecular weight excluding hydrogens is 356 g/mol. The second-order valence-electron chi connectivity index (χ2n) is 6.46. The van der Waals surface area contributed by atoms with E-state index in [0.29, 0.717) is 45.5 Å². The normalized spacial score (nSPS) is 13.9. The van der Waals surface area contributed by atoms with E-state index in [2.05, 4.69) is 10.1 Å². The highest BCUT2D eigenvalue weighted by Crippen LogP contribution is 2.34. The number of ether oxygens (including phenoxy) is 1. The van der Waals surface area contributed by atoms with E-state index in [9.17, 15) is 4.79 Å². The van der Waals surface area contributed by atoms with Crippen LogP contribution in [0.5, 0.6) is 5.75 Å². The highest BCUT2D eigenvalue weighted by Gasteiger charge is 2.28. The highest BCUT2D eigenvalue weighted by molar-refractivity contribution is 6.32. The average molecular weight is 373 g/mol. The first-order chi connectivity index (χ1) is 12.5. The Kier molecular flexibility index (Phi) is 4.28. The summed E-state index contributed by atoms with van der Waals surface area (Å²) in [6, 6.07) is 5.31. The molecule has 0 atom stereocenters. The zero-order chi connectivity index (χ0) is 18.3. The van der Waals surface area contributed by atoms with E-state index in [1.165, 1.54) is 6.26 Å². The van der Waals surface area contributed by atoms with Gasteiger partial charge in [-0.05, 0) is 38.5 Å². The molecule has 7 heteroatoms. The maximum atomic E-state index is 12.2. The Balaban J connectivity index is 1.66. The molecule has 0 spiro atoms. The van der Waals surface area contributed by atoms with Crippen molar-refractivity contribution in [2.75, 3.05) is 0 Å². The first-order valence-corrected chi connectivity index (χ1v) is 8.85. The fraction of sp³-hybridized carbons (Fsp3) is 0.316. The lowest BCUT2D eigenvalue weighted by molar-refractivity contribution is 0.0969. The van der Waals surface area contributed by atoms with Crippen LogP contribution < -0.4 is 4.74 Å². The molecular formula is C19H17ClN2O4. The molecule has 2 aromatic heterocycles. The van der Waals surface area contributed by atoms with E-state index in [-0.39, 0.29) is 17.8 Å². The number of fused-ring (bicyclic) bond motifs is 1. The van der Waals surface area contributed by atoms with Gasteiger partial charge in [0.05, 0.1) is 22.3 Å². The van der Waals surface area contributed by atoms with Crippen LogP contribution >= 0.6 is 11.6 Å². The van der Waals surface area contributed by atoms with Crippen molar-refractivity contribution in [2.24, 2.45) is 0 Å². The maximum Gasteiger partial charge on any atom is 0.262 e. The number of hydrogen-bond acceptors (Lipinski definition) is 6. The number of carbonyl (C=O) groups excluding carboxylic acids is 1. The molecule has 0 unspecified atom stereocenters. The summed E-state index contributed by atoms with van der Waals surface area (Å²) in [4.78, 5) is 16.6. The number of nitrogens with zero attached hydrogens (tertiary/aromatic N) is 2. The Morgan fingerprint density at radius 2 is 2.12 bits per heavy atom. The number of aryl methyl sites for hydroxylation is 1. The lowest BCUT2D eigenvalue weighted by atomic mass is 9.94. The van der Waals surface area contributed by atoms with Gasteiger partial charge >= 0.3 is 0 Å². The van der Waals surface area contributed by atoms with Gasteiger partial charge in [0, 0.05) is 18.4 Å². The van der Waals surface area contributed by atoms with Crippen molar-refractivity contribution >= 4 is 17.4 Å². The Bertz CT molecular complexity index is 974. The zero-order valence-electron chi connectivity index (χ0n) is 14.4. The molecule has 1 aliphatic rings. The summed E-state index contributed by atoms with van der Waals surface area (Å²) in [7, 11) is 0. The number of Topliss-reactive ketones (excluding diaryl/α,β-unsaturated/α-hetero) is 1. The Labute approximate surface area is 155 Å². The van der Waals surface area contributed by atoms with E-state index in [1.807, 2.05) is 19.9 Å². The van der Waals surface area contributed by atoms with Gasteiger partial charge in [-0.15, -0.1) is 0 Å². The van der Waals surface area contributed by atoms with Crippen LogP contribution in [-0.4, -0.2) is 22.0 Å². The van der Waals surface area contributed by atoms with E-state index >= 15 is 0 Å². The molecule has 2 heterocycles. The van der Waals surface area contributed by atoms with Gasteiger partial charge in [0.15, 0.2) is 5.78 Å². The van der Waals surface area contributed by atoms with Gasteiger partial charge in [0.2, 0.25) is 5.82 Å². The smallest absolute Gasteiger partial charge is 0.262 e. The van der Waals surface area contributed by atoms with E-state index in [4.69, 9.17) is 25.3 Å². The monoisotopic (exact) mass is 372 g/mol.